The van der Waals surface area contributed by atoms with Crippen molar-refractivity contribution in [3.8, 4) is 5.69 Å². The van der Waals surface area contributed by atoms with Crippen LogP contribution in [0.2, 0.25) is 0 Å². The lowest BCUT2D eigenvalue weighted by atomic mass is 10.1. The van der Waals surface area contributed by atoms with Crippen LogP contribution in [0, 0.1) is 0 Å². The van der Waals surface area contributed by atoms with Crippen molar-refractivity contribution >= 4 is 11.8 Å². The molecule has 0 bridgehead atoms. The SMILES string of the molecule is CSc1nc2c(c(=O)[nH]1)CN(Cc1cccn1-c1cccc(C(F)(F)F)c1)CC2. The average Bonchev–Trinajstić information content (AvgIpc) is 3.16. The van der Waals surface area contributed by atoms with E-state index in [1.165, 1.54) is 17.8 Å². The molecule has 0 atom stereocenters. The van der Waals surface area contributed by atoms with Crippen LogP contribution in [0.15, 0.2) is 52.5 Å². The number of hydrogen-bond donors (Lipinski definition) is 1. The fourth-order valence-electron chi connectivity index (χ4n) is 3.55. The molecule has 1 aliphatic rings. The minimum atomic E-state index is -4.39. The molecule has 0 saturated carbocycles. The highest BCUT2D eigenvalue weighted by atomic mass is 32.2. The second kappa shape index (κ2) is 7.72. The van der Waals surface area contributed by atoms with Gasteiger partial charge in [0.1, 0.15) is 0 Å². The molecule has 3 heterocycles. The molecule has 29 heavy (non-hydrogen) atoms. The quantitative estimate of drug-likeness (QED) is 0.515. The third-order valence-electron chi connectivity index (χ3n) is 4.99. The van der Waals surface area contributed by atoms with E-state index in [4.69, 9.17) is 0 Å². The van der Waals surface area contributed by atoms with Gasteiger partial charge in [0.2, 0.25) is 0 Å². The van der Waals surface area contributed by atoms with E-state index in [0.29, 0.717) is 35.9 Å². The minimum Gasteiger partial charge on any atom is -0.320 e. The number of nitrogens with one attached hydrogen (secondary N) is 1. The van der Waals surface area contributed by atoms with Crippen molar-refractivity contribution in [2.75, 3.05) is 12.8 Å². The first-order valence-corrected chi connectivity index (χ1v) is 10.3. The zero-order chi connectivity index (χ0) is 20.6. The van der Waals surface area contributed by atoms with Crippen molar-refractivity contribution in [2.45, 2.75) is 30.8 Å². The largest absolute Gasteiger partial charge is 0.416 e. The number of thioether (sulfide) groups is 1. The lowest BCUT2D eigenvalue weighted by molar-refractivity contribution is -0.137. The van der Waals surface area contributed by atoms with E-state index in [-0.39, 0.29) is 5.56 Å². The van der Waals surface area contributed by atoms with E-state index in [9.17, 15) is 18.0 Å². The van der Waals surface area contributed by atoms with Crippen molar-refractivity contribution in [3.05, 3.63) is 75.5 Å². The molecule has 5 nitrogen and oxygen atoms in total. The predicted molar refractivity (Wildman–Crippen MR) is 105 cm³/mol. The summed E-state index contributed by atoms with van der Waals surface area (Å²) in [6, 6.07) is 8.97. The van der Waals surface area contributed by atoms with Crippen LogP contribution >= 0.6 is 11.8 Å². The van der Waals surface area contributed by atoms with Gasteiger partial charge in [-0.2, -0.15) is 13.2 Å². The van der Waals surface area contributed by atoms with Gasteiger partial charge in [0.05, 0.1) is 16.8 Å². The Labute approximate surface area is 169 Å². The smallest absolute Gasteiger partial charge is 0.320 e. The highest BCUT2D eigenvalue weighted by molar-refractivity contribution is 7.98. The fraction of sp³-hybridized carbons (Fsp3) is 0.300. The number of benzene rings is 1. The second-order valence-electron chi connectivity index (χ2n) is 6.88. The number of aromatic amines is 1. The van der Waals surface area contributed by atoms with Gasteiger partial charge in [0.25, 0.3) is 5.56 Å². The Hall–Kier alpha value is -2.52. The van der Waals surface area contributed by atoms with Crippen molar-refractivity contribution in [2.24, 2.45) is 0 Å². The van der Waals surface area contributed by atoms with Gasteiger partial charge in [-0.25, -0.2) is 4.98 Å². The van der Waals surface area contributed by atoms with Crippen LogP contribution in [0.5, 0.6) is 0 Å². The first-order chi connectivity index (χ1) is 13.8. The van der Waals surface area contributed by atoms with Crippen LogP contribution in [0.1, 0.15) is 22.5 Å². The normalized spacial score (nSPS) is 14.8. The number of halogens is 3. The molecule has 0 saturated heterocycles. The fourth-order valence-corrected chi connectivity index (χ4v) is 3.94. The zero-order valence-electron chi connectivity index (χ0n) is 15.7. The Morgan fingerprint density at radius 1 is 1.24 bits per heavy atom. The van der Waals surface area contributed by atoms with Crippen molar-refractivity contribution in [1.82, 2.24) is 19.4 Å². The van der Waals surface area contributed by atoms with Crippen LogP contribution in [-0.2, 0) is 25.7 Å². The summed E-state index contributed by atoms with van der Waals surface area (Å²) in [7, 11) is 0. The maximum atomic E-state index is 13.1. The first kappa shape index (κ1) is 19.8. The Bertz CT molecular complexity index is 1090. The van der Waals surface area contributed by atoms with E-state index in [1.54, 1.807) is 16.8 Å². The van der Waals surface area contributed by atoms with Gasteiger partial charge in [-0.15, -0.1) is 0 Å². The molecule has 0 unspecified atom stereocenters. The molecule has 0 amide bonds. The van der Waals surface area contributed by atoms with Gasteiger partial charge >= 0.3 is 6.18 Å². The number of alkyl halides is 3. The summed E-state index contributed by atoms with van der Waals surface area (Å²) in [4.78, 5) is 21.7. The van der Waals surface area contributed by atoms with Crippen LogP contribution in [-0.4, -0.2) is 32.2 Å². The molecule has 4 rings (SSSR count). The monoisotopic (exact) mass is 420 g/mol. The molecular formula is C20H19F3N4OS. The van der Waals surface area contributed by atoms with Gasteiger partial charge in [-0.05, 0) is 36.6 Å². The molecule has 0 fully saturated rings. The van der Waals surface area contributed by atoms with Crippen LogP contribution in [0.25, 0.3) is 5.69 Å². The molecule has 3 aromatic rings. The van der Waals surface area contributed by atoms with Gasteiger partial charge in [-0.1, -0.05) is 17.8 Å². The Balaban J connectivity index is 1.57. The number of fused-ring (bicyclic) bond motifs is 1. The Morgan fingerprint density at radius 3 is 2.83 bits per heavy atom. The zero-order valence-corrected chi connectivity index (χ0v) is 16.5. The molecule has 0 aliphatic carbocycles. The highest BCUT2D eigenvalue weighted by Crippen LogP contribution is 2.31. The van der Waals surface area contributed by atoms with Gasteiger partial charge in [0, 0.05) is 43.6 Å². The van der Waals surface area contributed by atoms with Crippen LogP contribution in [0.3, 0.4) is 0 Å². The predicted octanol–water partition coefficient (Wildman–Crippen LogP) is 3.86. The van der Waals surface area contributed by atoms with Crippen LogP contribution < -0.4 is 5.56 Å². The average molecular weight is 420 g/mol. The summed E-state index contributed by atoms with van der Waals surface area (Å²) in [5.74, 6) is 0. The third-order valence-corrected chi connectivity index (χ3v) is 5.57. The van der Waals surface area contributed by atoms with Crippen LogP contribution in [0.4, 0.5) is 13.2 Å². The molecule has 0 spiro atoms. The second-order valence-corrected chi connectivity index (χ2v) is 7.67. The van der Waals surface area contributed by atoms with E-state index >= 15 is 0 Å². The summed E-state index contributed by atoms with van der Waals surface area (Å²) in [6.07, 6.45) is -0.107. The van der Waals surface area contributed by atoms with Gasteiger partial charge in [0.15, 0.2) is 5.16 Å². The lowest BCUT2D eigenvalue weighted by Crippen LogP contribution is -2.35. The minimum absolute atomic E-state index is 0.127. The third kappa shape index (κ3) is 4.11. The summed E-state index contributed by atoms with van der Waals surface area (Å²) in [5.41, 5.74) is 1.99. The number of rotatable bonds is 4. The lowest BCUT2D eigenvalue weighted by Gasteiger charge is -2.28. The van der Waals surface area contributed by atoms with Gasteiger partial charge in [-0.3, -0.25) is 9.69 Å². The highest BCUT2D eigenvalue weighted by Gasteiger charge is 2.30. The van der Waals surface area contributed by atoms with Crippen molar-refractivity contribution in [1.29, 1.82) is 0 Å². The maximum absolute atomic E-state index is 13.1. The molecule has 0 radical (unpaired) electrons. The van der Waals surface area contributed by atoms with E-state index in [1.807, 2.05) is 18.4 Å². The maximum Gasteiger partial charge on any atom is 0.416 e. The summed E-state index contributed by atoms with van der Waals surface area (Å²) in [6.45, 7) is 1.71. The number of hydrogen-bond acceptors (Lipinski definition) is 4. The van der Waals surface area contributed by atoms with Gasteiger partial charge < -0.3 is 9.55 Å². The van der Waals surface area contributed by atoms with E-state index in [0.717, 1.165) is 30.1 Å². The standard InChI is InChI=1S/C20H19F3N4OS/c1-29-19-24-17-7-9-26(12-16(17)18(28)25-19)11-15-6-3-8-27(15)14-5-2-4-13(10-14)20(21,22)23/h2-6,8,10H,7,9,11-12H2,1H3,(H,24,25,28). The topological polar surface area (TPSA) is 53.9 Å². The Kier molecular flexibility index (Phi) is 5.26. The summed E-state index contributed by atoms with van der Waals surface area (Å²) >= 11 is 1.40. The Morgan fingerprint density at radius 2 is 2.07 bits per heavy atom. The van der Waals surface area contributed by atoms with E-state index in [2.05, 4.69) is 14.9 Å². The van der Waals surface area contributed by atoms with Crippen molar-refractivity contribution in [3.63, 3.8) is 0 Å². The molecular weight excluding hydrogens is 401 g/mol. The molecule has 1 N–H and O–H groups in total. The molecule has 2 aromatic heterocycles. The summed E-state index contributed by atoms with van der Waals surface area (Å²) < 4.78 is 40.9. The first-order valence-electron chi connectivity index (χ1n) is 9.07. The molecule has 9 heteroatoms. The number of H-pyrrole nitrogens is 1. The number of nitrogens with zero attached hydrogens (tertiary/aromatic N) is 3. The van der Waals surface area contributed by atoms with E-state index < -0.39 is 11.7 Å². The number of aromatic nitrogens is 3. The summed E-state index contributed by atoms with van der Waals surface area (Å²) in [5, 5.41) is 0.612. The molecule has 152 valence electrons. The molecule has 1 aromatic carbocycles. The van der Waals surface area contributed by atoms with Crippen molar-refractivity contribution < 1.29 is 13.2 Å². The molecule has 1 aliphatic heterocycles.